The molecule has 4 amide bonds. The van der Waals surface area contributed by atoms with Crippen LogP contribution in [0.1, 0.15) is 54.4 Å². The van der Waals surface area contributed by atoms with E-state index in [-0.39, 0.29) is 17.6 Å². The predicted octanol–water partition coefficient (Wildman–Crippen LogP) is -0.601. The first-order valence-electron chi connectivity index (χ1n) is 11.1. The summed E-state index contributed by atoms with van der Waals surface area (Å²) in [6.45, 7) is 10.2. The lowest BCUT2D eigenvalue weighted by Gasteiger charge is -2.27. The zero-order valence-electron chi connectivity index (χ0n) is 20.2. The SMILES string of the molecule is CC[C@H](C)[C@H](N)C(=O)N[C@@H](C)C(=O)N[C@H](C(=O)N[C@@H](C)C(=O)N[C@@H](CS)C(=O)O)[C@@H](C)CC. The van der Waals surface area contributed by atoms with E-state index in [0.717, 1.165) is 0 Å². The van der Waals surface area contributed by atoms with Crippen LogP contribution >= 0.6 is 12.6 Å². The first-order chi connectivity index (χ1) is 15.3. The topological polar surface area (TPSA) is 180 Å². The second-order valence-electron chi connectivity index (χ2n) is 8.33. The molecule has 0 aliphatic carbocycles. The van der Waals surface area contributed by atoms with Crippen molar-refractivity contribution in [3.8, 4) is 0 Å². The molecule has 0 unspecified atom stereocenters. The highest BCUT2D eigenvalue weighted by Crippen LogP contribution is 2.10. The summed E-state index contributed by atoms with van der Waals surface area (Å²) in [5, 5.41) is 19.0. The number of carbonyl (C=O) groups is 5. The second-order valence-corrected chi connectivity index (χ2v) is 8.69. The van der Waals surface area contributed by atoms with Gasteiger partial charge in [-0.25, -0.2) is 4.79 Å². The van der Waals surface area contributed by atoms with Crippen molar-refractivity contribution in [1.82, 2.24) is 21.3 Å². The molecule has 0 bridgehead atoms. The van der Waals surface area contributed by atoms with Crippen molar-refractivity contribution in [2.24, 2.45) is 17.6 Å². The Morgan fingerprint density at radius 1 is 0.758 bits per heavy atom. The number of nitrogens with one attached hydrogen (secondary N) is 4. The minimum absolute atomic E-state index is 0.0604. The highest BCUT2D eigenvalue weighted by molar-refractivity contribution is 7.80. The number of hydrogen-bond donors (Lipinski definition) is 7. The van der Waals surface area contributed by atoms with Crippen LogP contribution in [-0.4, -0.2) is 70.7 Å². The summed E-state index contributed by atoms with van der Waals surface area (Å²) in [4.78, 5) is 61.0. The van der Waals surface area contributed by atoms with Gasteiger partial charge >= 0.3 is 5.97 Å². The molecule has 11 nitrogen and oxygen atoms in total. The minimum Gasteiger partial charge on any atom is -0.480 e. The van der Waals surface area contributed by atoms with Gasteiger partial charge in [0.15, 0.2) is 0 Å². The van der Waals surface area contributed by atoms with Crippen LogP contribution in [0.5, 0.6) is 0 Å². The van der Waals surface area contributed by atoms with Gasteiger partial charge in [0.2, 0.25) is 23.6 Å². The van der Waals surface area contributed by atoms with Crippen molar-refractivity contribution in [1.29, 1.82) is 0 Å². The van der Waals surface area contributed by atoms with Crippen molar-refractivity contribution in [3.63, 3.8) is 0 Å². The van der Waals surface area contributed by atoms with Crippen molar-refractivity contribution in [2.75, 3.05) is 5.75 Å². The highest BCUT2D eigenvalue weighted by Gasteiger charge is 2.31. The molecule has 0 fully saturated rings. The van der Waals surface area contributed by atoms with Gasteiger partial charge in [-0.15, -0.1) is 0 Å². The molecule has 7 atom stereocenters. The maximum Gasteiger partial charge on any atom is 0.327 e. The Labute approximate surface area is 200 Å². The smallest absolute Gasteiger partial charge is 0.327 e. The molecule has 190 valence electrons. The van der Waals surface area contributed by atoms with Crippen molar-refractivity contribution < 1.29 is 29.1 Å². The molecule has 0 aromatic carbocycles. The first kappa shape index (κ1) is 30.7. The van der Waals surface area contributed by atoms with E-state index in [9.17, 15) is 24.0 Å². The molecule has 0 rings (SSSR count). The average molecular weight is 490 g/mol. The Morgan fingerprint density at radius 2 is 1.21 bits per heavy atom. The van der Waals surface area contributed by atoms with Crippen LogP contribution in [0.2, 0.25) is 0 Å². The number of nitrogens with two attached hydrogens (primary N) is 1. The zero-order chi connectivity index (χ0) is 25.9. The van der Waals surface area contributed by atoms with Gasteiger partial charge in [0, 0.05) is 5.75 Å². The third-order valence-electron chi connectivity index (χ3n) is 5.65. The summed E-state index contributed by atoms with van der Waals surface area (Å²) >= 11 is 3.88. The molecule has 0 radical (unpaired) electrons. The fourth-order valence-corrected chi connectivity index (χ4v) is 2.97. The Kier molecular flexibility index (Phi) is 13.7. The summed E-state index contributed by atoms with van der Waals surface area (Å²) in [5.74, 6) is -4.03. The molecule has 12 heteroatoms. The number of carboxylic acid groups (broad SMARTS) is 1. The third kappa shape index (κ3) is 9.99. The molecule has 0 aliphatic rings. The van der Waals surface area contributed by atoms with Crippen LogP contribution < -0.4 is 27.0 Å². The van der Waals surface area contributed by atoms with Gasteiger partial charge in [-0.2, -0.15) is 12.6 Å². The normalized spacial score (nSPS) is 17.3. The number of hydrogen-bond acceptors (Lipinski definition) is 7. The molecule has 7 N–H and O–H groups in total. The zero-order valence-corrected chi connectivity index (χ0v) is 21.1. The molecule has 0 aromatic heterocycles. The van der Waals surface area contributed by atoms with Gasteiger partial charge in [0.25, 0.3) is 0 Å². The van der Waals surface area contributed by atoms with Crippen LogP contribution in [0.25, 0.3) is 0 Å². The van der Waals surface area contributed by atoms with E-state index in [2.05, 4.69) is 33.9 Å². The fourth-order valence-electron chi connectivity index (χ4n) is 2.72. The van der Waals surface area contributed by atoms with Crippen molar-refractivity contribution in [2.45, 2.75) is 84.6 Å². The van der Waals surface area contributed by atoms with E-state index in [1.54, 1.807) is 6.92 Å². The van der Waals surface area contributed by atoms with E-state index in [0.29, 0.717) is 12.8 Å². The highest BCUT2D eigenvalue weighted by atomic mass is 32.1. The van der Waals surface area contributed by atoms with Crippen molar-refractivity contribution >= 4 is 42.2 Å². The summed E-state index contributed by atoms with van der Waals surface area (Å²) in [7, 11) is 0. The van der Waals surface area contributed by atoms with Crippen LogP contribution in [-0.2, 0) is 24.0 Å². The van der Waals surface area contributed by atoms with E-state index < -0.39 is 59.8 Å². The van der Waals surface area contributed by atoms with Gasteiger partial charge in [0.1, 0.15) is 24.2 Å². The number of thiol groups is 1. The van der Waals surface area contributed by atoms with Gasteiger partial charge in [-0.1, -0.05) is 40.5 Å². The number of amides is 4. The molecule has 0 saturated heterocycles. The largest absolute Gasteiger partial charge is 0.480 e. The number of rotatable bonds is 14. The molecule has 0 saturated carbocycles. The summed E-state index contributed by atoms with van der Waals surface area (Å²) in [6, 6.07) is -4.91. The Bertz CT molecular complexity index is 707. The van der Waals surface area contributed by atoms with Gasteiger partial charge in [-0.3, -0.25) is 19.2 Å². The lowest BCUT2D eigenvalue weighted by atomic mass is 9.97. The quantitative estimate of drug-likeness (QED) is 0.159. The molecular formula is C21H39N5O6S. The van der Waals surface area contributed by atoms with Crippen LogP contribution in [0, 0.1) is 11.8 Å². The predicted molar refractivity (Wildman–Crippen MR) is 127 cm³/mol. The molecule has 0 aromatic rings. The Morgan fingerprint density at radius 3 is 1.64 bits per heavy atom. The standard InChI is InChI=1S/C21H39N5O6S/c1-7-10(3)15(22)19(29)23-13(6)18(28)26-16(11(4)8-2)20(30)24-12(5)17(27)25-14(9-33)21(31)32/h10-16,33H,7-9,22H2,1-6H3,(H,23,29)(H,24,30)(H,25,27)(H,26,28)(H,31,32)/t10-,11-,12-,13-,14-,15-,16-/m0/s1. The first-order valence-corrected chi connectivity index (χ1v) is 11.7. The average Bonchev–Trinajstić information content (AvgIpc) is 2.78. The Hall–Kier alpha value is -2.34. The summed E-state index contributed by atoms with van der Waals surface area (Å²) < 4.78 is 0. The maximum absolute atomic E-state index is 12.8. The lowest BCUT2D eigenvalue weighted by molar-refractivity contribution is -0.141. The lowest BCUT2D eigenvalue weighted by Crippen LogP contribution is -2.59. The van der Waals surface area contributed by atoms with Gasteiger partial charge < -0.3 is 32.1 Å². The monoisotopic (exact) mass is 489 g/mol. The second kappa shape index (κ2) is 14.7. The Balaban J connectivity index is 5.17. The molecule has 0 aliphatic heterocycles. The van der Waals surface area contributed by atoms with E-state index in [4.69, 9.17) is 10.8 Å². The summed E-state index contributed by atoms with van der Waals surface area (Å²) in [6.07, 6.45) is 1.26. The molecule has 0 spiro atoms. The molecular weight excluding hydrogens is 450 g/mol. The van der Waals surface area contributed by atoms with Crippen molar-refractivity contribution in [3.05, 3.63) is 0 Å². The molecule has 0 heterocycles. The molecule has 33 heavy (non-hydrogen) atoms. The van der Waals surface area contributed by atoms with E-state index in [1.165, 1.54) is 13.8 Å². The maximum atomic E-state index is 12.8. The van der Waals surface area contributed by atoms with E-state index in [1.807, 2.05) is 20.8 Å². The third-order valence-corrected chi connectivity index (χ3v) is 6.02. The fraction of sp³-hybridized carbons (Fsp3) is 0.762. The van der Waals surface area contributed by atoms with Crippen LogP contribution in [0.4, 0.5) is 0 Å². The van der Waals surface area contributed by atoms with Gasteiger partial charge in [-0.05, 0) is 25.7 Å². The van der Waals surface area contributed by atoms with E-state index >= 15 is 0 Å². The van der Waals surface area contributed by atoms with Crippen LogP contribution in [0.15, 0.2) is 0 Å². The number of carbonyl (C=O) groups excluding carboxylic acids is 4. The van der Waals surface area contributed by atoms with Gasteiger partial charge in [0.05, 0.1) is 6.04 Å². The van der Waals surface area contributed by atoms with Crippen LogP contribution in [0.3, 0.4) is 0 Å². The summed E-state index contributed by atoms with van der Waals surface area (Å²) in [5.41, 5.74) is 5.90. The number of carboxylic acids is 1. The number of aliphatic carboxylic acids is 1. The minimum atomic E-state index is -1.24.